The Hall–Kier alpha value is -2.30. The summed E-state index contributed by atoms with van der Waals surface area (Å²) >= 11 is 2.76. The summed E-state index contributed by atoms with van der Waals surface area (Å²) in [6, 6.07) is 3.21. The topological polar surface area (TPSA) is 67.2 Å². The smallest absolute Gasteiger partial charge is 0.263 e. The van der Waals surface area contributed by atoms with Crippen molar-refractivity contribution in [2.24, 2.45) is 0 Å². The monoisotopic (exact) mass is 492 g/mol. The number of hydrogen-bond acceptors (Lipinski definition) is 6. The lowest BCUT2D eigenvalue weighted by atomic mass is 9.97. The molecule has 1 aliphatic rings. The molecule has 0 spiro atoms. The molecule has 0 bridgehead atoms. The highest BCUT2D eigenvalue weighted by Crippen LogP contribution is 2.34. The number of aromatic nitrogens is 2. The average Bonchev–Trinajstić information content (AvgIpc) is 3.15. The Bertz CT molecular complexity index is 1240. The molecule has 1 amide bonds. The fraction of sp³-hybridized carbons (Fsp3) is 0.435. The van der Waals surface area contributed by atoms with Gasteiger partial charge in [-0.25, -0.2) is 13.8 Å². The number of rotatable bonds is 8. The molecule has 1 aromatic carbocycles. The van der Waals surface area contributed by atoms with Gasteiger partial charge in [-0.2, -0.15) is 0 Å². The zero-order chi connectivity index (χ0) is 23.5. The van der Waals surface area contributed by atoms with Gasteiger partial charge in [0.15, 0.2) is 16.8 Å². The van der Waals surface area contributed by atoms with Gasteiger partial charge in [0.25, 0.3) is 5.56 Å². The average molecular weight is 493 g/mol. The Kier molecular flexibility index (Phi) is 7.45. The minimum Gasteiger partial charge on any atom is -0.325 e. The Morgan fingerprint density at radius 2 is 2.03 bits per heavy atom. The molecule has 3 aromatic rings. The van der Waals surface area contributed by atoms with Crippen molar-refractivity contribution in [2.75, 3.05) is 31.7 Å². The van der Waals surface area contributed by atoms with Gasteiger partial charge in [0.1, 0.15) is 4.83 Å². The number of thiophene rings is 1. The van der Waals surface area contributed by atoms with Crippen molar-refractivity contribution in [3.05, 3.63) is 50.6 Å². The van der Waals surface area contributed by atoms with E-state index >= 15 is 0 Å². The van der Waals surface area contributed by atoms with Crippen LogP contribution in [0.2, 0.25) is 0 Å². The molecule has 6 nitrogen and oxygen atoms in total. The predicted octanol–water partition coefficient (Wildman–Crippen LogP) is 4.30. The number of carbonyl (C=O) groups is 1. The largest absolute Gasteiger partial charge is 0.325 e. The van der Waals surface area contributed by atoms with Crippen LogP contribution in [0.25, 0.3) is 10.2 Å². The van der Waals surface area contributed by atoms with Crippen LogP contribution < -0.4 is 10.9 Å². The molecule has 0 saturated heterocycles. The molecule has 0 radical (unpaired) electrons. The van der Waals surface area contributed by atoms with Crippen molar-refractivity contribution >= 4 is 44.9 Å². The molecule has 0 aliphatic heterocycles. The van der Waals surface area contributed by atoms with E-state index in [2.05, 4.69) is 10.2 Å². The molecule has 10 heteroatoms. The second-order valence-corrected chi connectivity index (χ2v) is 10.4. The summed E-state index contributed by atoms with van der Waals surface area (Å²) in [6.45, 7) is 1.34. The molecule has 0 saturated carbocycles. The molecule has 2 aromatic heterocycles. The van der Waals surface area contributed by atoms with Crippen molar-refractivity contribution in [1.29, 1.82) is 0 Å². The fourth-order valence-corrected chi connectivity index (χ4v) is 6.10. The van der Waals surface area contributed by atoms with Crippen LogP contribution in [0.5, 0.6) is 0 Å². The predicted molar refractivity (Wildman–Crippen MR) is 129 cm³/mol. The third-order valence-electron chi connectivity index (χ3n) is 5.56. The molecule has 33 heavy (non-hydrogen) atoms. The Morgan fingerprint density at radius 3 is 2.79 bits per heavy atom. The molecule has 176 valence electrons. The number of carbonyl (C=O) groups excluding carboxylic acids is 1. The van der Waals surface area contributed by atoms with Crippen LogP contribution in [-0.4, -0.2) is 46.8 Å². The van der Waals surface area contributed by atoms with Gasteiger partial charge in [-0.05, 0) is 70.4 Å². The first kappa shape index (κ1) is 23.8. The Morgan fingerprint density at radius 1 is 1.24 bits per heavy atom. The maximum atomic E-state index is 13.5. The molecule has 0 atom stereocenters. The van der Waals surface area contributed by atoms with E-state index in [9.17, 15) is 18.4 Å². The number of nitrogens with zero attached hydrogens (tertiary/aromatic N) is 3. The van der Waals surface area contributed by atoms with Gasteiger partial charge >= 0.3 is 0 Å². The van der Waals surface area contributed by atoms with Crippen molar-refractivity contribution in [3.8, 4) is 0 Å². The normalized spacial score (nSPS) is 13.5. The minimum absolute atomic E-state index is 0.00425. The third-order valence-corrected chi connectivity index (χ3v) is 7.72. The first-order valence-corrected chi connectivity index (χ1v) is 12.7. The van der Waals surface area contributed by atoms with Gasteiger partial charge < -0.3 is 10.2 Å². The van der Waals surface area contributed by atoms with E-state index in [0.717, 1.165) is 66.6 Å². The summed E-state index contributed by atoms with van der Waals surface area (Å²) in [5.74, 6) is -2.38. The maximum absolute atomic E-state index is 13.5. The third kappa shape index (κ3) is 5.44. The summed E-state index contributed by atoms with van der Waals surface area (Å²) in [5, 5.41) is 3.80. The van der Waals surface area contributed by atoms with E-state index in [-0.39, 0.29) is 22.9 Å². The van der Waals surface area contributed by atoms with Crippen LogP contribution in [-0.2, 0) is 24.2 Å². The summed E-state index contributed by atoms with van der Waals surface area (Å²) in [7, 11) is 3.97. The lowest BCUT2D eigenvalue weighted by molar-refractivity contribution is -0.113. The highest BCUT2D eigenvalue weighted by atomic mass is 32.2. The quantitative estimate of drug-likeness (QED) is 0.375. The molecule has 1 aliphatic carbocycles. The maximum Gasteiger partial charge on any atom is 0.263 e. The second kappa shape index (κ2) is 10.3. The minimum atomic E-state index is -1.02. The zero-order valence-corrected chi connectivity index (χ0v) is 20.3. The lowest BCUT2D eigenvalue weighted by Gasteiger charge is -2.15. The Balaban J connectivity index is 1.58. The van der Waals surface area contributed by atoms with E-state index in [1.54, 1.807) is 15.9 Å². The van der Waals surface area contributed by atoms with Crippen molar-refractivity contribution in [1.82, 2.24) is 14.5 Å². The van der Waals surface area contributed by atoms with E-state index in [4.69, 9.17) is 4.98 Å². The summed E-state index contributed by atoms with van der Waals surface area (Å²) in [5.41, 5.74) is 1.28. The summed E-state index contributed by atoms with van der Waals surface area (Å²) in [6.07, 6.45) is 4.88. The van der Waals surface area contributed by atoms with Gasteiger partial charge in [-0.15, -0.1) is 11.3 Å². The van der Waals surface area contributed by atoms with Crippen molar-refractivity contribution < 1.29 is 13.6 Å². The number of fused-ring (bicyclic) bond motifs is 3. The SMILES string of the molecule is CN(C)CCCn1c(SCC(=O)Nc2ccc(F)c(F)c2)nc2sc3c(c2c1=O)CCCC3. The first-order valence-electron chi connectivity index (χ1n) is 10.9. The van der Waals surface area contributed by atoms with Crippen LogP contribution in [0, 0.1) is 11.6 Å². The molecular weight excluding hydrogens is 466 g/mol. The Labute approximate surface area is 199 Å². The molecule has 1 N–H and O–H groups in total. The number of aryl methyl sites for hydroxylation is 2. The van der Waals surface area contributed by atoms with E-state index in [0.29, 0.717) is 11.7 Å². The number of amides is 1. The van der Waals surface area contributed by atoms with Crippen molar-refractivity contribution in [3.63, 3.8) is 0 Å². The highest BCUT2D eigenvalue weighted by Gasteiger charge is 2.22. The van der Waals surface area contributed by atoms with E-state index < -0.39 is 11.6 Å². The summed E-state index contributed by atoms with van der Waals surface area (Å²) < 4.78 is 28.2. The first-order chi connectivity index (χ1) is 15.8. The number of anilines is 1. The molecular formula is C23H26F2N4O2S2. The molecule has 0 fully saturated rings. The van der Waals surface area contributed by atoms with E-state index in [1.807, 2.05) is 14.1 Å². The lowest BCUT2D eigenvalue weighted by Crippen LogP contribution is -2.26. The second-order valence-electron chi connectivity index (χ2n) is 8.36. The van der Waals surface area contributed by atoms with Crippen molar-refractivity contribution in [2.45, 2.75) is 43.8 Å². The fourth-order valence-electron chi connectivity index (χ4n) is 3.97. The van der Waals surface area contributed by atoms with Gasteiger partial charge in [-0.1, -0.05) is 11.8 Å². The number of hydrogen-bond donors (Lipinski definition) is 1. The van der Waals surface area contributed by atoms with Gasteiger partial charge in [0.2, 0.25) is 5.91 Å². The van der Waals surface area contributed by atoms with E-state index in [1.165, 1.54) is 22.7 Å². The van der Waals surface area contributed by atoms with Gasteiger partial charge in [0, 0.05) is 23.2 Å². The number of nitrogens with one attached hydrogen (secondary N) is 1. The van der Waals surface area contributed by atoms with Crippen LogP contribution >= 0.6 is 23.1 Å². The zero-order valence-electron chi connectivity index (χ0n) is 18.6. The highest BCUT2D eigenvalue weighted by molar-refractivity contribution is 7.99. The number of benzene rings is 1. The molecule has 2 heterocycles. The van der Waals surface area contributed by atoms with Gasteiger partial charge in [-0.3, -0.25) is 14.2 Å². The number of halogens is 2. The number of thioether (sulfide) groups is 1. The molecule has 0 unspecified atom stereocenters. The van der Waals surface area contributed by atoms with Crippen LogP contribution in [0.4, 0.5) is 14.5 Å². The van der Waals surface area contributed by atoms with Gasteiger partial charge in [0.05, 0.1) is 11.1 Å². The van der Waals surface area contributed by atoms with Crippen LogP contribution in [0.3, 0.4) is 0 Å². The van der Waals surface area contributed by atoms with Crippen LogP contribution in [0.15, 0.2) is 28.2 Å². The molecule has 4 rings (SSSR count). The van der Waals surface area contributed by atoms with Crippen LogP contribution in [0.1, 0.15) is 29.7 Å². The summed E-state index contributed by atoms with van der Waals surface area (Å²) in [4.78, 5) is 34.8. The standard InChI is InChI=1S/C23H26F2N4O2S2/c1-28(2)10-5-11-29-22(31)20-15-6-3-4-7-18(15)33-21(20)27-23(29)32-13-19(30)26-14-8-9-16(24)17(25)12-14/h8-9,12H,3-7,10-11,13H2,1-2H3,(H,26,30).